The Morgan fingerprint density at radius 3 is 2.58 bits per heavy atom. The molecule has 0 saturated carbocycles. The summed E-state index contributed by atoms with van der Waals surface area (Å²) in [6.07, 6.45) is 0.849. The van der Waals surface area contributed by atoms with Crippen molar-refractivity contribution in [3.8, 4) is 0 Å². The van der Waals surface area contributed by atoms with Crippen LogP contribution in [-0.2, 0) is 27.4 Å². The first-order chi connectivity index (χ1) is 17.1. The summed E-state index contributed by atoms with van der Waals surface area (Å²) >= 11 is 0. The zero-order valence-corrected chi connectivity index (χ0v) is 20.6. The summed E-state index contributed by atoms with van der Waals surface area (Å²) in [4.78, 5) is 44.4. The maximum atomic E-state index is 14.2. The number of hydrogen-bond donors (Lipinski definition) is 0. The van der Waals surface area contributed by atoms with Crippen molar-refractivity contribution >= 4 is 22.8 Å². The molecule has 2 aromatic carbocycles. The van der Waals surface area contributed by atoms with E-state index in [0.717, 1.165) is 10.1 Å². The third kappa shape index (κ3) is 5.96. The average molecular weight is 496 g/mol. The van der Waals surface area contributed by atoms with Gasteiger partial charge in [-0.05, 0) is 44.9 Å². The number of fused-ring (bicyclic) bond motifs is 1. The van der Waals surface area contributed by atoms with Crippen LogP contribution in [0.25, 0.3) is 10.9 Å². The molecule has 2 heterocycles. The Morgan fingerprint density at radius 1 is 1.11 bits per heavy atom. The lowest BCUT2D eigenvalue weighted by Gasteiger charge is -2.30. The van der Waals surface area contributed by atoms with Crippen molar-refractivity contribution in [2.45, 2.75) is 64.5 Å². The van der Waals surface area contributed by atoms with Gasteiger partial charge in [-0.2, -0.15) is 0 Å². The highest BCUT2D eigenvalue weighted by Crippen LogP contribution is 2.27. The fraction of sp³-hybridized carbons (Fsp3) is 0.407. The van der Waals surface area contributed by atoms with E-state index >= 15 is 0 Å². The fourth-order valence-electron chi connectivity index (χ4n) is 4.35. The molecule has 2 unspecified atom stereocenters. The molecule has 8 nitrogen and oxygen atoms in total. The van der Waals surface area contributed by atoms with Gasteiger partial charge in [-0.3, -0.25) is 14.2 Å². The van der Waals surface area contributed by atoms with Crippen LogP contribution >= 0.6 is 0 Å². The van der Waals surface area contributed by atoms with Crippen LogP contribution in [0, 0.1) is 5.82 Å². The van der Waals surface area contributed by atoms with Gasteiger partial charge in [0.25, 0.3) is 5.56 Å². The fourth-order valence-corrected chi connectivity index (χ4v) is 4.35. The number of nitrogens with zero attached hydrogens (tertiary/aromatic N) is 3. The lowest BCUT2D eigenvalue weighted by atomic mass is 10.0. The minimum absolute atomic E-state index is 0.0412. The molecule has 0 radical (unpaired) electrons. The molecule has 190 valence electrons. The Morgan fingerprint density at radius 2 is 1.86 bits per heavy atom. The molecule has 4 rings (SSSR count). The Labute approximate surface area is 208 Å². The van der Waals surface area contributed by atoms with E-state index in [0.29, 0.717) is 19.6 Å². The maximum Gasteiger partial charge on any atom is 0.410 e. The van der Waals surface area contributed by atoms with Crippen LogP contribution in [0.4, 0.5) is 9.18 Å². The maximum absolute atomic E-state index is 14.2. The van der Waals surface area contributed by atoms with Gasteiger partial charge >= 0.3 is 6.09 Å². The molecule has 1 fully saturated rings. The van der Waals surface area contributed by atoms with Crippen LogP contribution in [0.1, 0.15) is 39.2 Å². The van der Waals surface area contributed by atoms with Gasteiger partial charge in [0, 0.05) is 13.0 Å². The number of Topliss-reactive ketones (excluding diaryl/α,β-unsaturated/α-hetero) is 1. The normalized spacial score (nSPS) is 17.9. The molecule has 1 aliphatic rings. The number of ketones is 1. The molecule has 2 atom stereocenters. The number of ether oxygens (including phenoxy) is 2. The van der Waals surface area contributed by atoms with E-state index in [1.807, 2.05) is 30.3 Å². The van der Waals surface area contributed by atoms with Gasteiger partial charge in [0.15, 0.2) is 5.78 Å². The van der Waals surface area contributed by atoms with Crippen LogP contribution in [0.3, 0.4) is 0 Å². The van der Waals surface area contributed by atoms with Gasteiger partial charge in [-0.15, -0.1) is 0 Å². The quantitative estimate of drug-likeness (QED) is 0.490. The summed E-state index contributed by atoms with van der Waals surface area (Å²) in [6.45, 7) is 5.77. The standard InChI is InChI=1S/C27H30FN3O5/c1-27(2,3)36-26(34)31-13-12-23(35-16-18-8-5-4-6-9-18)22(31)14-19(32)15-30-17-29-21-11-7-10-20(28)24(21)25(30)33/h4-11,17,22-23H,12-16H2,1-3H3. The largest absolute Gasteiger partial charge is 0.444 e. The Hall–Kier alpha value is -3.59. The van der Waals surface area contributed by atoms with Crippen LogP contribution in [0.2, 0.25) is 0 Å². The van der Waals surface area contributed by atoms with Gasteiger partial charge in [0.2, 0.25) is 0 Å². The molecule has 3 aromatic rings. The predicted molar refractivity (Wildman–Crippen MR) is 132 cm³/mol. The summed E-state index contributed by atoms with van der Waals surface area (Å²) < 4.78 is 27.0. The zero-order chi connectivity index (χ0) is 25.9. The minimum atomic E-state index is -0.692. The molecule has 0 bridgehead atoms. The van der Waals surface area contributed by atoms with Crippen LogP contribution in [0.5, 0.6) is 0 Å². The van der Waals surface area contributed by atoms with Crippen molar-refractivity contribution in [2.75, 3.05) is 6.54 Å². The van der Waals surface area contributed by atoms with E-state index in [9.17, 15) is 18.8 Å². The van der Waals surface area contributed by atoms with E-state index in [4.69, 9.17) is 9.47 Å². The summed E-state index contributed by atoms with van der Waals surface area (Å²) in [6, 6.07) is 13.3. The number of benzene rings is 2. The molecule has 1 aromatic heterocycles. The summed E-state index contributed by atoms with van der Waals surface area (Å²) in [5, 5.41) is -0.159. The first-order valence-electron chi connectivity index (χ1n) is 11.9. The molecule has 0 spiro atoms. The molecule has 1 saturated heterocycles. The monoisotopic (exact) mass is 495 g/mol. The number of aromatic nitrogens is 2. The third-order valence-electron chi connectivity index (χ3n) is 6.00. The zero-order valence-electron chi connectivity index (χ0n) is 20.6. The Kier molecular flexibility index (Phi) is 7.49. The molecule has 0 aliphatic carbocycles. The second kappa shape index (κ2) is 10.6. The number of amides is 1. The van der Waals surface area contributed by atoms with Crippen LogP contribution in [0.15, 0.2) is 59.7 Å². The topological polar surface area (TPSA) is 90.7 Å². The molecule has 0 N–H and O–H groups in total. The van der Waals surface area contributed by atoms with Crippen molar-refractivity contribution in [1.29, 1.82) is 0 Å². The highest BCUT2D eigenvalue weighted by Gasteiger charge is 2.40. The second-order valence-corrected chi connectivity index (χ2v) is 9.92. The van der Waals surface area contributed by atoms with E-state index in [1.54, 1.807) is 20.8 Å². The van der Waals surface area contributed by atoms with Crippen molar-refractivity contribution in [2.24, 2.45) is 0 Å². The molecular weight excluding hydrogens is 465 g/mol. The first kappa shape index (κ1) is 25.5. The van der Waals surface area contributed by atoms with Crippen molar-refractivity contribution in [1.82, 2.24) is 14.5 Å². The average Bonchev–Trinajstić information content (AvgIpc) is 3.21. The molecule has 9 heteroatoms. The number of halogens is 1. The van der Waals surface area contributed by atoms with E-state index in [2.05, 4.69) is 4.98 Å². The van der Waals surface area contributed by atoms with Crippen LogP contribution < -0.4 is 5.56 Å². The minimum Gasteiger partial charge on any atom is -0.444 e. The smallest absolute Gasteiger partial charge is 0.410 e. The van der Waals surface area contributed by atoms with Gasteiger partial charge in [-0.1, -0.05) is 36.4 Å². The second-order valence-electron chi connectivity index (χ2n) is 9.92. The SMILES string of the molecule is CC(C)(C)OC(=O)N1CCC(OCc2ccccc2)C1CC(=O)Cn1cnc2cccc(F)c2c1=O. The number of carbonyl (C=O) groups excluding carboxylic acids is 2. The lowest BCUT2D eigenvalue weighted by Crippen LogP contribution is -2.44. The first-order valence-corrected chi connectivity index (χ1v) is 11.9. The van der Waals surface area contributed by atoms with E-state index in [-0.39, 0.29) is 35.8 Å². The van der Waals surface area contributed by atoms with Gasteiger partial charge in [0.1, 0.15) is 16.8 Å². The highest BCUT2D eigenvalue weighted by atomic mass is 19.1. The van der Waals surface area contributed by atoms with Gasteiger partial charge in [-0.25, -0.2) is 14.2 Å². The number of likely N-dealkylation sites (tertiary alicyclic amines) is 1. The molecular formula is C27H30FN3O5. The number of hydrogen-bond acceptors (Lipinski definition) is 6. The lowest BCUT2D eigenvalue weighted by molar-refractivity contribution is -0.121. The Bertz CT molecular complexity index is 1300. The number of carbonyl (C=O) groups is 2. The van der Waals surface area contributed by atoms with Crippen LogP contribution in [-0.4, -0.2) is 50.6 Å². The van der Waals surface area contributed by atoms with Crippen molar-refractivity contribution in [3.05, 3.63) is 76.6 Å². The summed E-state index contributed by atoms with van der Waals surface area (Å²) in [5.74, 6) is -0.989. The highest BCUT2D eigenvalue weighted by molar-refractivity contribution is 5.81. The predicted octanol–water partition coefficient (Wildman–Crippen LogP) is 4.09. The van der Waals surface area contributed by atoms with Gasteiger partial charge in [0.05, 0.1) is 37.1 Å². The van der Waals surface area contributed by atoms with Crippen molar-refractivity contribution in [3.63, 3.8) is 0 Å². The van der Waals surface area contributed by atoms with E-state index in [1.165, 1.54) is 29.4 Å². The molecule has 36 heavy (non-hydrogen) atoms. The summed E-state index contributed by atoms with van der Waals surface area (Å²) in [5.41, 5.74) is -0.110. The molecule has 1 amide bonds. The summed E-state index contributed by atoms with van der Waals surface area (Å²) in [7, 11) is 0. The number of rotatable bonds is 7. The third-order valence-corrected chi connectivity index (χ3v) is 6.00. The Balaban J connectivity index is 1.52. The van der Waals surface area contributed by atoms with E-state index < -0.39 is 29.1 Å². The van der Waals surface area contributed by atoms with Crippen molar-refractivity contribution < 1.29 is 23.5 Å². The molecule has 1 aliphatic heterocycles. The van der Waals surface area contributed by atoms with Gasteiger partial charge < -0.3 is 14.4 Å².